The smallest absolute Gasteiger partial charge is 0.303 e. The molecule has 0 bridgehead atoms. The summed E-state index contributed by atoms with van der Waals surface area (Å²) in [6.45, 7) is 9.21. The fraction of sp³-hybridized carbons (Fsp3) is 0.960. The number of aliphatic hydroxyl groups excluding tert-OH is 1. The zero-order valence-corrected chi connectivity index (χ0v) is 18.9. The SMILES string of the molecule is C[C@H](CCC(=O)O)[C@H]1CC[C@H]2[C@@H]3C[C@@](C)(O)[C@@H]4C[C@H](O)CC[C@]4(C)[C@H]3CC[C@]12C. The molecule has 4 aliphatic carbocycles. The lowest BCUT2D eigenvalue weighted by Crippen LogP contribution is -2.62. The fourth-order valence-electron chi connectivity index (χ4n) is 9.26. The number of aliphatic hydroxyl groups is 2. The quantitative estimate of drug-likeness (QED) is 0.622. The Kier molecular flexibility index (Phi) is 5.38. The lowest BCUT2D eigenvalue weighted by atomic mass is 9.41. The van der Waals surface area contributed by atoms with Crippen LogP contribution >= 0.6 is 0 Å². The van der Waals surface area contributed by atoms with Crippen LogP contribution in [0.5, 0.6) is 0 Å². The highest BCUT2D eigenvalue weighted by Gasteiger charge is 2.64. The Morgan fingerprint density at radius 1 is 1.03 bits per heavy atom. The Labute approximate surface area is 176 Å². The molecule has 4 rings (SSSR count). The second-order valence-corrected chi connectivity index (χ2v) is 12.1. The van der Waals surface area contributed by atoms with Crippen LogP contribution in [0.3, 0.4) is 0 Å². The molecule has 4 heteroatoms. The van der Waals surface area contributed by atoms with Crippen LogP contribution in [0.2, 0.25) is 0 Å². The van der Waals surface area contributed by atoms with E-state index in [0.29, 0.717) is 29.6 Å². The molecule has 0 saturated heterocycles. The average Bonchev–Trinajstić information content (AvgIpc) is 2.98. The van der Waals surface area contributed by atoms with Gasteiger partial charge in [0, 0.05) is 6.42 Å². The first-order valence-electron chi connectivity index (χ1n) is 12.1. The number of hydrogen-bond acceptors (Lipinski definition) is 3. The van der Waals surface area contributed by atoms with Crippen molar-refractivity contribution < 1.29 is 20.1 Å². The molecular formula is C25H42O4. The Balaban J connectivity index is 1.59. The number of rotatable bonds is 4. The van der Waals surface area contributed by atoms with Gasteiger partial charge < -0.3 is 15.3 Å². The minimum absolute atomic E-state index is 0.139. The van der Waals surface area contributed by atoms with Crippen molar-refractivity contribution in [2.24, 2.45) is 46.3 Å². The van der Waals surface area contributed by atoms with Gasteiger partial charge in [0.1, 0.15) is 0 Å². The molecule has 0 aliphatic heterocycles. The van der Waals surface area contributed by atoms with Gasteiger partial charge >= 0.3 is 5.97 Å². The van der Waals surface area contributed by atoms with Gasteiger partial charge in [0.25, 0.3) is 0 Å². The third-order valence-corrected chi connectivity index (χ3v) is 10.6. The molecule has 166 valence electrons. The molecule has 0 aromatic rings. The van der Waals surface area contributed by atoms with Gasteiger partial charge in [0.05, 0.1) is 11.7 Å². The van der Waals surface area contributed by atoms with Gasteiger partial charge in [-0.25, -0.2) is 0 Å². The first kappa shape index (κ1) is 21.6. The zero-order valence-electron chi connectivity index (χ0n) is 18.9. The van der Waals surface area contributed by atoms with E-state index in [4.69, 9.17) is 5.11 Å². The van der Waals surface area contributed by atoms with Gasteiger partial charge in [-0.05, 0) is 111 Å². The minimum Gasteiger partial charge on any atom is -0.481 e. The van der Waals surface area contributed by atoms with Crippen molar-refractivity contribution in [1.29, 1.82) is 0 Å². The summed E-state index contributed by atoms with van der Waals surface area (Å²) in [6, 6.07) is 0. The summed E-state index contributed by atoms with van der Waals surface area (Å²) >= 11 is 0. The molecule has 0 spiro atoms. The number of carboxylic acid groups (broad SMARTS) is 1. The van der Waals surface area contributed by atoms with Gasteiger partial charge in [-0.1, -0.05) is 20.8 Å². The van der Waals surface area contributed by atoms with Gasteiger partial charge in [0.15, 0.2) is 0 Å². The highest BCUT2D eigenvalue weighted by Crippen LogP contribution is 2.69. The summed E-state index contributed by atoms with van der Waals surface area (Å²) in [5.41, 5.74) is -0.269. The van der Waals surface area contributed by atoms with Crippen molar-refractivity contribution in [3.05, 3.63) is 0 Å². The summed E-state index contributed by atoms with van der Waals surface area (Å²) in [6.07, 6.45) is 9.28. The fourth-order valence-corrected chi connectivity index (χ4v) is 9.26. The van der Waals surface area contributed by atoms with E-state index in [1.165, 1.54) is 25.7 Å². The van der Waals surface area contributed by atoms with E-state index in [0.717, 1.165) is 32.1 Å². The van der Waals surface area contributed by atoms with Gasteiger partial charge in [-0.15, -0.1) is 0 Å². The number of hydrogen-bond donors (Lipinski definition) is 3. The number of carboxylic acids is 1. The summed E-state index contributed by atoms with van der Waals surface area (Å²) in [5, 5.41) is 31.0. The Hall–Kier alpha value is -0.610. The summed E-state index contributed by atoms with van der Waals surface area (Å²) in [5.74, 6) is 2.46. The van der Waals surface area contributed by atoms with E-state index in [9.17, 15) is 15.0 Å². The van der Waals surface area contributed by atoms with Crippen LogP contribution in [0.25, 0.3) is 0 Å². The monoisotopic (exact) mass is 406 g/mol. The summed E-state index contributed by atoms with van der Waals surface area (Å²) in [7, 11) is 0. The lowest BCUT2D eigenvalue weighted by molar-refractivity contribution is -0.210. The van der Waals surface area contributed by atoms with E-state index in [-0.39, 0.29) is 29.3 Å². The van der Waals surface area contributed by atoms with Crippen LogP contribution in [-0.2, 0) is 4.79 Å². The molecule has 4 saturated carbocycles. The molecule has 0 unspecified atom stereocenters. The predicted octanol–water partition coefficient (Wildman–Crippen LogP) is 4.87. The van der Waals surface area contributed by atoms with Crippen LogP contribution in [0.4, 0.5) is 0 Å². The van der Waals surface area contributed by atoms with Crippen LogP contribution in [-0.4, -0.2) is 33.0 Å². The highest BCUT2D eigenvalue weighted by atomic mass is 16.4. The van der Waals surface area contributed by atoms with E-state index in [1.54, 1.807) is 0 Å². The number of carbonyl (C=O) groups is 1. The molecule has 10 atom stereocenters. The molecule has 4 fully saturated rings. The van der Waals surface area contributed by atoms with Gasteiger partial charge in [-0.2, -0.15) is 0 Å². The first-order valence-corrected chi connectivity index (χ1v) is 12.1. The molecule has 0 radical (unpaired) electrons. The second kappa shape index (κ2) is 7.22. The molecule has 4 aliphatic rings. The zero-order chi connectivity index (χ0) is 21.2. The Bertz CT molecular complexity index is 645. The van der Waals surface area contributed by atoms with E-state index in [1.807, 2.05) is 6.92 Å². The molecule has 3 N–H and O–H groups in total. The van der Waals surface area contributed by atoms with Crippen LogP contribution in [0.1, 0.15) is 91.9 Å². The largest absolute Gasteiger partial charge is 0.481 e. The summed E-state index contributed by atoms with van der Waals surface area (Å²) < 4.78 is 0. The van der Waals surface area contributed by atoms with Crippen LogP contribution in [0.15, 0.2) is 0 Å². The van der Waals surface area contributed by atoms with Crippen molar-refractivity contribution in [2.45, 2.75) is 104 Å². The Morgan fingerprint density at radius 2 is 1.69 bits per heavy atom. The molecule has 0 aromatic heterocycles. The highest BCUT2D eigenvalue weighted by molar-refractivity contribution is 5.66. The predicted molar refractivity (Wildman–Crippen MR) is 113 cm³/mol. The number of fused-ring (bicyclic) bond motifs is 5. The minimum atomic E-state index is -0.692. The standard InChI is InChI=1S/C25H42O4/c1-15(5-8-22(27)28)18-6-7-19-17-14-25(4,29)21-13-16(26)9-11-24(21,3)20(17)10-12-23(18,19)2/h15-21,26,29H,5-14H2,1-4H3,(H,27,28)/t15-,16-,17+,18-,19+,20+,21-,23-,24-,25-/m1/s1. The van der Waals surface area contributed by atoms with Gasteiger partial charge in [0.2, 0.25) is 0 Å². The maximum Gasteiger partial charge on any atom is 0.303 e. The van der Waals surface area contributed by atoms with Crippen LogP contribution < -0.4 is 0 Å². The van der Waals surface area contributed by atoms with Crippen molar-refractivity contribution >= 4 is 5.97 Å². The molecule has 0 heterocycles. The lowest BCUT2D eigenvalue weighted by Gasteiger charge is -2.65. The third kappa shape index (κ3) is 3.37. The van der Waals surface area contributed by atoms with Gasteiger partial charge in [-0.3, -0.25) is 4.79 Å². The molecule has 0 amide bonds. The van der Waals surface area contributed by atoms with E-state index >= 15 is 0 Å². The summed E-state index contributed by atoms with van der Waals surface area (Å²) in [4.78, 5) is 11.1. The van der Waals surface area contributed by atoms with E-state index < -0.39 is 11.6 Å². The Morgan fingerprint density at radius 3 is 2.38 bits per heavy atom. The third-order valence-electron chi connectivity index (χ3n) is 10.6. The molecule has 4 nitrogen and oxygen atoms in total. The number of aliphatic carboxylic acids is 1. The topological polar surface area (TPSA) is 77.8 Å². The first-order chi connectivity index (χ1) is 13.5. The maximum atomic E-state index is 11.5. The molecule has 0 aromatic carbocycles. The van der Waals surface area contributed by atoms with E-state index in [2.05, 4.69) is 20.8 Å². The van der Waals surface area contributed by atoms with Crippen molar-refractivity contribution in [2.75, 3.05) is 0 Å². The molecular weight excluding hydrogens is 364 g/mol. The van der Waals surface area contributed by atoms with Crippen LogP contribution in [0, 0.1) is 46.3 Å². The second-order valence-electron chi connectivity index (χ2n) is 12.1. The molecule has 29 heavy (non-hydrogen) atoms. The van der Waals surface area contributed by atoms with Crippen molar-refractivity contribution in [3.8, 4) is 0 Å². The maximum absolute atomic E-state index is 11.5. The normalized spacial score (nSPS) is 52.9. The van der Waals surface area contributed by atoms with Crippen molar-refractivity contribution in [1.82, 2.24) is 0 Å². The average molecular weight is 407 g/mol. The van der Waals surface area contributed by atoms with Crippen molar-refractivity contribution in [3.63, 3.8) is 0 Å².